The molecule has 2 aromatic rings. The number of rotatable bonds is 5. The van der Waals surface area contributed by atoms with Gasteiger partial charge in [0.15, 0.2) is 0 Å². The molecule has 0 radical (unpaired) electrons. The Labute approximate surface area is 108 Å². The molecule has 0 spiro atoms. The van der Waals surface area contributed by atoms with Gasteiger partial charge >= 0.3 is 0 Å². The molecule has 0 saturated heterocycles. The summed E-state index contributed by atoms with van der Waals surface area (Å²) in [6.07, 6.45) is 4.47. The lowest BCUT2D eigenvalue weighted by Gasteiger charge is -2.10. The Bertz CT molecular complexity index is 488. The van der Waals surface area contributed by atoms with Crippen molar-refractivity contribution in [2.45, 2.75) is 32.6 Å². The lowest BCUT2D eigenvalue weighted by atomic mass is 9.96. The summed E-state index contributed by atoms with van der Waals surface area (Å²) in [5.74, 6) is -0.138. The van der Waals surface area contributed by atoms with Crippen molar-refractivity contribution in [3.05, 3.63) is 59.9 Å². The van der Waals surface area contributed by atoms with Crippen LogP contribution in [-0.2, 0) is 6.42 Å². The molecule has 0 saturated carbocycles. The lowest BCUT2D eigenvalue weighted by molar-refractivity contribution is 0.623. The topological polar surface area (TPSA) is 0 Å². The van der Waals surface area contributed by atoms with Gasteiger partial charge in [-0.1, -0.05) is 56.2 Å². The fraction of sp³-hybridized carbons (Fsp3) is 0.294. The van der Waals surface area contributed by atoms with Crippen LogP contribution >= 0.6 is 0 Å². The van der Waals surface area contributed by atoms with Gasteiger partial charge in [0.25, 0.3) is 0 Å². The van der Waals surface area contributed by atoms with Gasteiger partial charge in [0.05, 0.1) is 0 Å². The minimum Gasteiger partial charge on any atom is -0.207 e. The highest BCUT2D eigenvalue weighted by atomic mass is 19.1. The van der Waals surface area contributed by atoms with Gasteiger partial charge in [-0.25, -0.2) is 4.39 Å². The van der Waals surface area contributed by atoms with Crippen molar-refractivity contribution in [3.8, 4) is 11.1 Å². The quantitative estimate of drug-likeness (QED) is 0.630. The third-order valence-electron chi connectivity index (χ3n) is 3.20. The van der Waals surface area contributed by atoms with E-state index in [0.29, 0.717) is 0 Å². The molecule has 0 aliphatic rings. The van der Waals surface area contributed by atoms with Gasteiger partial charge in [-0.15, -0.1) is 0 Å². The van der Waals surface area contributed by atoms with E-state index >= 15 is 0 Å². The summed E-state index contributed by atoms with van der Waals surface area (Å²) in [6, 6.07) is 15.3. The number of hydrogen-bond acceptors (Lipinski definition) is 0. The molecule has 0 atom stereocenters. The standard InChI is InChI=1S/C17H19F/c1-2-3-5-10-15-13-16(18)11-12-17(15)14-8-6-4-7-9-14/h4,6-9,11-13H,2-3,5,10H2,1H3. The molecule has 94 valence electrons. The van der Waals surface area contributed by atoms with Crippen molar-refractivity contribution in [3.63, 3.8) is 0 Å². The fourth-order valence-corrected chi connectivity index (χ4v) is 2.23. The summed E-state index contributed by atoms with van der Waals surface area (Å²) in [7, 11) is 0. The van der Waals surface area contributed by atoms with Crippen LogP contribution in [0.25, 0.3) is 11.1 Å². The van der Waals surface area contributed by atoms with E-state index in [2.05, 4.69) is 19.1 Å². The highest BCUT2D eigenvalue weighted by molar-refractivity contribution is 5.67. The predicted molar refractivity (Wildman–Crippen MR) is 75.1 cm³/mol. The van der Waals surface area contributed by atoms with Crippen LogP contribution in [0.1, 0.15) is 31.7 Å². The van der Waals surface area contributed by atoms with Crippen LogP contribution in [0.4, 0.5) is 4.39 Å². The molecule has 0 bridgehead atoms. The maximum Gasteiger partial charge on any atom is 0.123 e. The van der Waals surface area contributed by atoms with Crippen LogP contribution in [0.5, 0.6) is 0 Å². The van der Waals surface area contributed by atoms with Gasteiger partial charge in [0.1, 0.15) is 5.82 Å². The second-order valence-corrected chi connectivity index (χ2v) is 4.62. The summed E-state index contributed by atoms with van der Waals surface area (Å²) in [6.45, 7) is 2.18. The van der Waals surface area contributed by atoms with E-state index in [1.807, 2.05) is 24.3 Å². The van der Waals surface area contributed by atoms with E-state index in [9.17, 15) is 4.39 Å². The third kappa shape index (κ3) is 3.19. The van der Waals surface area contributed by atoms with Crippen molar-refractivity contribution in [1.82, 2.24) is 0 Å². The van der Waals surface area contributed by atoms with E-state index < -0.39 is 0 Å². The van der Waals surface area contributed by atoms with Crippen molar-refractivity contribution >= 4 is 0 Å². The van der Waals surface area contributed by atoms with Crippen LogP contribution < -0.4 is 0 Å². The van der Waals surface area contributed by atoms with Crippen molar-refractivity contribution in [2.24, 2.45) is 0 Å². The Hall–Kier alpha value is -1.63. The van der Waals surface area contributed by atoms with E-state index in [4.69, 9.17) is 0 Å². The van der Waals surface area contributed by atoms with Crippen molar-refractivity contribution in [2.75, 3.05) is 0 Å². The minimum absolute atomic E-state index is 0.138. The lowest BCUT2D eigenvalue weighted by Crippen LogP contribution is -1.92. The molecule has 2 aromatic carbocycles. The number of hydrogen-bond donors (Lipinski definition) is 0. The van der Waals surface area contributed by atoms with E-state index in [0.717, 1.165) is 24.0 Å². The minimum atomic E-state index is -0.138. The molecule has 0 aliphatic carbocycles. The monoisotopic (exact) mass is 242 g/mol. The fourth-order valence-electron chi connectivity index (χ4n) is 2.23. The number of aryl methyl sites for hydroxylation is 1. The smallest absolute Gasteiger partial charge is 0.123 e. The number of benzene rings is 2. The van der Waals surface area contributed by atoms with Gasteiger partial charge in [-0.2, -0.15) is 0 Å². The maximum absolute atomic E-state index is 13.4. The SMILES string of the molecule is CCCCCc1cc(F)ccc1-c1ccccc1. The molecule has 0 nitrogen and oxygen atoms in total. The molecule has 0 aliphatic heterocycles. The van der Waals surface area contributed by atoms with Gasteiger partial charge in [-0.05, 0) is 41.7 Å². The number of halogens is 1. The second-order valence-electron chi connectivity index (χ2n) is 4.62. The van der Waals surface area contributed by atoms with Gasteiger partial charge in [0.2, 0.25) is 0 Å². The Morgan fingerprint density at radius 3 is 2.44 bits per heavy atom. The molecule has 1 heteroatoms. The Kier molecular flexibility index (Phi) is 4.52. The van der Waals surface area contributed by atoms with Gasteiger partial charge < -0.3 is 0 Å². The molecular weight excluding hydrogens is 223 g/mol. The molecule has 0 unspecified atom stereocenters. The zero-order chi connectivity index (χ0) is 12.8. The zero-order valence-electron chi connectivity index (χ0n) is 10.8. The summed E-state index contributed by atoms with van der Waals surface area (Å²) in [5.41, 5.74) is 3.45. The molecular formula is C17H19F. The van der Waals surface area contributed by atoms with E-state index in [-0.39, 0.29) is 5.82 Å². The normalized spacial score (nSPS) is 10.6. The van der Waals surface area contributed by atoms with Crippen molar-refractivity contribution in [1.29, 1.82) is 0 Å². The van der Waals surface area contributed by atoms with Crippen LogP contribution in [-0.4, -0.2) is 0 Å². The summed E-state index contributed by atoms with van der Waals surface area (Å²) in [5, 5.41) is 0. The third-order valence-corrected chi connectivity index (χ3v) is 3.20. The average Bonchev–Trinajstić information content (AvgIpc) is 2.40. The van der Waals surface area contributed by atoms with Crippen LogP contribution in [0.15, 0.2) is 48.5 Å². The van der Waals surface area contributed by atoms with Gasteiger partial charge in [-0.3, -0.25) is 0 Å². The molecule has 18 heavy (non-hydrogen) atoms. The van der Waals surface area contributed by atoms with E-state index in [1.54, 1.807) is 12.1 Å². The average molecular weight is 242 g/mol. The second kappa shape index (κ2) is 6.34. The largest absolute Gasteiger partial charge is 0.207 e. The Morgan fingerprint density at radius 2 is 1.72 bits per heavy atom. The van der Waals surface area contributed by atoms with Crippen LogP contribution in [0, 0.1) is 5.82 Å². The first-order chi connectivity index (χ1) is 8.81. The molecule has 0 aromatic heterocycles. The Balaban J connectivity index is 2.29. The summed E-state index contributed by atoms with van der Waals surface area (Å²) < 4.78 is 13.4. The van der Waals surface area contributed by atoms with Crippen molar-refractivity contribution < 1.29 is 4.39 Å². The molecule has 0 fully saturated rings. The highest BCUT2D eigenvalue weighted by Crippen LogP contribution is 2.25. The van der Waals surface area contributed by atoms with Gasteiger partial charge in [0, 0.05) is 0 Å². The molecule has 0 heterocycles. The maximum atomic E-state index is 13.4. The van der Waals surface area contributed by atoms with E-state index in [1.165, 1.54) is 18.4 Å². The van der Waals surface area contributed by atoms with Crippen LogP contribution in [0.2, 0.25) is 0 Å². The van der Waals surface area contributed by atoms with Crippen LogP contribution in [0.3, 0.4) is 0 Å². The number of unbranched alkanes of at least 4 members (excludes halogenated alkanes) is 2. The first-order valence-corrected chi connectivity index (χ1v) is 6.65. The predicted octanol–water partition coefficient (Wildman–Crippen LogP) is 5.23. The molecule has 0 N–H and O–H groups in total. The molecule has 0 amide bonds. The summed E-state index contributed by atoms with van der Waals surface area (Å²) >= 11 is 0. The Morgan fingerprint density at radius 1 is 0.944 bits per heavy atom. The first-order valence-electron chi connectivity index (χ1n) is 6.65. The molecule has 2 rings (SSSR count). The zero-order valence-corrected chi connectivity index (χ0v) is 10.8. The highest BCUT2D eigenvalue weighted by Gasteiger charge is 2.06. The first kappa shape index (κ1) is 12.8. The summed E-state index contributed by atoms with van der Waals surface area (Å²) in [4.78, 5) is 0.